The van der Waals surface area contributed by atoms with Crippen LogP contribution in [0.2, 0.25) is 0 Å². The second-order valence-electron chi connectivity index (χ2n) is 4.51. The molecule has 15 heavy (non-hydrogen) atoms. The molecular formula is C12H12F2O. The molecule has 0 bridgehead atoms. The van der Waals surface area contributed by atoms with Gasteiger partial charge in [-0.2, -0.15) is 0 Å². The van der Waals surface area contributed by atoms with Crippen LogP contribution < -0.4 is 4.74 Å². The molecule has 3 rings (SSSR count). The first-order chi connectivity index (χ1) is 7.19. The zero-order chi connectivity index (χ0) is 10.5. The van der Waals surface area contributed by atoms with Crippen molar-refractivity contribution in [3.63, 3.8) is 0 Å². The van der Waals surface area contributed by atoms with Gasteiger partial charge in [-0.15, -0.1) is 0 Å². The van der Waals surface area contributed by atoms with E-state index >= 15 is 0 Å². The Kier molecular flexibility index (Phi) is 1.79. The van der Waals surface area contributed by atoms with Crippen LogP contribution in [0.4, 0.5) is 8.78 Å². The van der Waals surface area contributed by atoms with Crippen molar-refractivity contribution < 1.29 is 13.5 Å². The van der Waals surface area contributed by atoms with Gasteiger partial charge in [-0.25, -0.2) is 8.78 Å². The Morgan fingerprint density at radius 3 is 2.60 bits per heavy atom. The van der Waals surface area contributed by atoms with E-state index in [0.29, 0.717) is 5.56 Å². The van der Waals surface area contributed by atoms with Crippen molar-refractivity contribution >= 4 is 0 Å². The molecule has 1 aliphatic heterocycles. The quantitative estimate of drug-likeness (QED) is 0.638. The Morgan fingerprint density at radius 1 is 1.13 bits per heavy atom. The summed E-state index contributed by atoms with van der Waals surface area (Å²) in [7, 11) is 0. The van der Waals surface area contributed by atoms with E-state index in [9.17, 15) is 8.78 Å². The molecule has 0 amide bonds. The normalized spacial score (nSPS) is 21.7. The fourth-order valence-corrected chi connectivity index (χ4v) is 2.47. The first-order valence-corrected chi connectivity index (χ1v) is 5.36. The lowest BCUT2D eigenvalue weighted by Gasteiger charge is -2.45. The Hall–Kier alpha value is -1.12. The van der Waals surface area contributed by atoms with Crippen molar-refractivity contribution in [2.24, 2.45) is 0 Å². The molecule has 80 valence electrons. The number of benzene rings is 1. The lowest BCUT2D eigenvalue weighted by Crippen LogP contribution is -2.46. The number of ether oxygens (including phenoxy) is 1. The van der Waals surface area contributed by atoms with E-state index in [1.807, 2.05) is 0 Å². The van der Waals surface area contributed by atoms with Crippen molar-refractivity contribution in [2.45, 2.75) is 37.7 Å². The third-order valence-corrected chi connectivity index (χ3v) is 3.52. The van der Waals surface area contributed by atoms with Crippen LogP contribution in [0.15, 0.2) is 12.1 Å². The smallest absolute Gasteiger partial charge is 0.168 e. The maximum atomic E-state index is 13.5. The summed E-state index contributed by atoms with van der Waals surface area (Å²) in [5, 5.41) is 0. The third kappa shape index (κ3) is 1.33. The molecule has 0 aromatic heterocycles. The fourth-order valence-electron chi connectivity index (χ4n) is 2.47. The van der Waals surface area contributed by atoms with Crippen LogP contribution in [0.5, 0.6) is 5.75 Å². The molecule has 1 fully saturated rings. The zero-order valence-corrected chi connectivity index (χ0v) is 8.35. The molecule has 1 aromatic rings. The highest BCUT2D eigenvalue weighted by atomic mass is 19.1. The molecule has 1 saturated carbocycles. The number of rotatable bonds is 0. The molecule has 1 spiro atoms. The van der Waals surface area contributed by atoms with Gasteiger partial charge in [-0.3, -0.25) is 0 Å². The second kappa shape index (κ2) is 2.94. The maximum absolute atomic E-state index is 13.5. The third-order valence-electron chi connectivity index (χ3n) is 3.52. The van der Waals surface area contributed by atoms with Crippen molar-refractivity contribution in [1.82, 2.24) is 0 Å². The van der Waals surface area contributed by atoms with E-state index in [2.05, 4.69) is 0 Å². The Balaban J connectivity index is 2.01. The summed E-state index contributed by atoms with van der Waals surface area (Å²) < 4.78 is 32.1. The minimum atomic E-state index is -0.559. The highest BCUT2D eigenvalue weighted by Gasteiger charge is 2.42. The second-order valence-corrected chi connectivity index (χ2v) is 4.51. The van der Waals surface area contributed by atoms with E-state index in [4.69, 9.17) is 4.74 Å². The lowest BCUT2D eigenvalue weighted by atomic mass is 9.74. The van der Waals surface area contributed by atoms with Gasteiger partial charge in [-0.05, 0) is 38.2 Å². The van der Waals surface area contributed by atoms with Crippen LogP contribution >= 0.6 is 0 Å². The molecule has 1 aromatic carbocycles. The average Bonchev–Trinajstić information content (AvgIpc) is 2.15. The summed E-state index contributed by atoms with van der Waals surface area (Å²) in [5.41, 5.74) is 0.538. The maximum Gasteiger partial charge on any atom is 0.168 e. The minimum absolute atomic E-state index is 0.133. The van der Waals surface area contributed by atoms with E-state index in [0.717, 1.165) is 38.2 Å². The van der Waals surface area contributed by atoms with E-state index < -0.39 is 11.6 Å². The number of halogens is 2. The monoisotopic (exact) mass is 210 g/mol. The fraction of sp³-hybridized carbons (Fsp3) is 0.500. The number of hydrogen-bond acceptors (Lipinski definition) is 1. The van der Waals surface area contributed by atoms with Gasteiger partial charge in [0.15, 0.2) is 11.6 Å². The van der Waals surface area contributed by atoms with E-state index in [1.54, 1.807) is 0 Å². The molecule has 1 heterocycles. The Morgan fingerprint density at radius 2 is 1.93 bits per heavy atom. The highest BCUT2D eigenvalue weighted by molar-refractivity contribution is 5.38. The topological polar surface area (TPSA) is 9.23 Å². The zero-order valence-electron chi connectivity index (χ0n) is 8.35. The standard InChI is InChI=1S/C12H12F2O/c13-9-6-8-2-5-12(3-1-4-12)15-11(8)10(14)7-9/h6-7H,1-5H2. The van der Waals surface area contributed by atoms with Gasteiger partial charge in [-0.1, -0.05) is 0 Å². The molecule has 1 aliphatic carbocycles. The summed E-state index contributed by atoms with van der Waals surface area (Å²) >= 11 is 0. The first kappa shape index (κ1) is 9.13. The minimum Gasteiger partial charge on any atom is -0.484 e. The largest absolute Gasteiger partial charge is 0.484 e. The summed E-state index contributed by atoms with van der Waals surface area (Å²) in [6.45, 7) is 0. The van der Waals surface area contributed by atoms with Gasteiger partial charge in [0.1, 0.15) is 11.4 Å². The van der Waals surface area contributed by atoms with Crippen LogP contribution in [0.3, 0.4) is 0 Å². The van der Waals surface area contributed by atoms with Gasteiger partial charge in [0, 0.05) is 11.6 Å². The number of aryl methyl sites for hydroxylation is 1. The van der Waals surface area contributed by atoms with Crippen molar-refractivity contribution in [3.8, 4) is 5.75 Å². The number of hydrogen-bond donors (Lipinski definition) is 0. The van der Waals surface area contributed by atoms with Crippen molar-refractivity contribution in [3.05, 3.63) is 29.3 Å². The Labute approximate surface area is 87.1 Å². The van der Waals surface area contributed by atoms with Crippen LogP contribution in [-0.2, 0) is 6.42 Å². The highest BCUT2D eigenvalue weighted by Crippen LogP contribution is 2.45. The van der Waals surface area contributed by atoms with E-state index in [-0.39, 0.29) is 11.4 Å². The molecule has 3 heteroatoms. The summed E-state index contributed by atoms with van der Waals surface area (Å²) in [5.74, 6) is -0.794. The lowest BCUT2D eigenvalue weighted by molar-refractivity contribution is -0.0282. The van der Waals surface area contributed by atoms with Gasteiger partial charge in [0.05, 0.1) is 0 Å². The van der Waals surface area contributed by atoms with Crippen LogP contribution in [0, 0.1) is 11.6 Å². The Bertz CT molecular complexity index is 410. The molecule has 0 radical (unpaired) electrons. The molecule has 1 nitrogen and oxygen atoms in total. The van der Waals surface area contributed by atoms with Gasteiger partial charge in [0.25, 0.3) is 0 Å². The van der Waals surface area contributed by atoms with Gasteiger partial charge >= 0.3 is 0 Å². The average molecular weight is 210 g/mol. The number of fused-ring (bicyclic) bond motifs is 1. The van der Waals surface area contributed by atoms with Crippen LogP contribution in [0.25, 0.3) is 0 Å². The summed E-state index contributed by atoms with van der Waals surface area (Å²) in [6, 6.07) is 2.28. The summed E-state index contributed by atoms with van der Waals surface area (Å²) in [6.07, 6.45) is 4.78. The molecule has 0 N–H and O–H groups in total. The van der Waals surface area contributed by atoms with Crippen LogP contribution in [0.1, 0.15) is 31.2 Å². The van der Waals surface area contributed by atoms with Crippen molar-refractivity contribution in [2.75, 3.05) is 0 Å². The van der Waals surface area contributed by atoms with Gasteiger partial charge < -0.3 is 4.74 Å². The molecule has 0 saturated heterocycles. The molecule has 0 atom stereocenters. The van der Waals surface area contributed by atoms with Gasteiger partial charge in [0.2, 0.25) is 0 Å². The van der Waals surface area contributed by atoms with Crippen molar-refractivity contribution in [1.29, 1.82) is 0 Å². The molecule has 2 aliphatic rings. The van der Waals surface area contributed by atoms with Crippen LogP contribution in [-0.4, -0.2) is 5.60 Å². The predicted octanol–water partition coefficient (Wildman–Crippen LogP) is 3.21. The SMILES string of the molecule is Fc1cc(F)c2c(c1)CCC1(CCC1)O2. The first-order valence-electron chi connectivity index (χ1n) is 5.36. The molecule has 0 unspecified atom stereocenters. The molecular weight excluding hydrogens is 198 g/mol. The predicted molar refractivity (Wildman–Crippen MR) is 51.9 cm³/mol. The van der Waals surface area contributed by atoms with E-state index in [1.165, 1.54) is 6.07 Å². The summed E-state index contributed by atoms with van der Waals surface area (Å²) in [4.78, 5) is 0.